The lowest BCUT2D eigenvalue weighted by Gasteiger charge is -2.06. The molecule has 3 rings (SSSR count). The molecule has 0 radical (unpaired) electrons. The van der Waals surface area contributed by atoms with Crippen LogP contribution in [0.15, 0.2) is 40.0 Å². The maximum absolute atomic E-state index is 12.4. The van der Waals surface area contributed by atoms with E-state index in [0.29, 0.717) is 16.7 Å². The van der Waals surface area contributed by atoms with Gasteiger partial charge in [0.15, 0.2) is 5.78 Å². The number of thiazole rings is 1. The van der Waals surface area contributed by atoms with Gasteiger partial charge in [-0.3, -0.25) is 4.79 Å². The van der Waals surface area contributed by atoms with Crippen LogP contribution in [-0.2, 0) is 0 Å². The highest BCUT2D eigenvalue weighted by molar-refractivity contribution is 8.00. The van der Waals surface area contributed by atoms with Crippen molar-refractivity contribution in [2.75, 3.05) is 0 Å². The Morgan fingerprint density at radius 3 is 2.61 bits per heavy atom. The van der Waals surface area contributed by atoms with E-state index < -0.39 is 0 Å². The number of hydrogen-bond donors (Lipinski definition) is 0. The molecule has 0 saturated heterocycles. The highest BCUT2D eigenvalue weighted by Crippen LogP contribution is 2.32. The Labute approximate surface area is 142 Å². The number of nitrogens with zero attached hydrogens (tertiary/aromatic N) is 3. The number of ketones is 1. The van der Waals surface area contributed by atoms with Crippen molar-refractivity contribution in [1.82, 2.24) is 15.2 Å². The topological polar surface area (TPSA) is 68.9 Å². The van der Waals surface area contributed by atoms with Crippen LogP contribution in [0, 0.1) is 13.8 Å². The molecule has 0 aliphatic rings. The Hall–Kier alpha value is -1.99. The number of thioether (sulfide) groups is 1. The van der Waals surface area contributed by atoms with Crippen LogP contribution in [0.3, 0.4) is 0 Å². The molecule has 23 heavy (non-hydrogen) atoms. The van der Waals surface area contributed by atoms with Crippen LogP contribution in [0.4, 0.5) is 0 Å². The molecule has 0 saturated carbocycles. The molecule has 0 amide bonds. The second-order valence-electron chi connectivity index (χ2n) is 5.01. The van der Waals surface area contributed by atoms with Crippen molar-refractivity contribution >= 4 is 28.9 Å². The van der Waals surface area contributed by atoms with Crippen LogP contribution in [0.5, 0.6) is 0 Å². The molecule has 118 valence electrons. The first kappa shape index (κ1) is 15.9. The maximum Gasteiger partial charge on any atom is 0.277 e. The summed E-state index contributed by atoms with van der Waals surface area (Å²) >= 11 is 2.79. The first-order valence-electron chi connectivity index (χ1n) is 7.08. The summed E-state index contributed by atoms with van der Waals surface area (Å²) in [6.07, 6.45) is 0. The van der Waals surface area contributed by atoms with Gasteiger partial charge >= 0.3 is 0 Å². The largest absolute Gasteiger partial charge is 0.410 e. The average Bonchev–Trinajstić information content (AvgIpc) is 3.13. The van der Waals surface area contributed by atoms with E-state index >= 15 is 0 Å². The van der Waals surface area contributed by atoms with E-state index in [1.165, 1.54) is 23.1 Å². The summed E-state index contributed by atoms with van der Waals surface area (Å²) in [5, 5.41) is 9.15. The fraction of sp³-hybridized carbons (Fsp3) is 0.250. The van der Waals surface area contributed by atoms with Gasteiger partial charge in [-0.15, -0.1) is 21.5 Å². The van der Waals surface area contributed by atoms with E-state index in [1.807, 2.05) is 51.1 Å². The Morgan fingerprint density at radius 2 is 1.96 bits per heavy atom. The third-order valence-corrected chi connectivity index (χ3v) is 5.20. The first-order chi connectivity index (χ1) is 11.0. The summed E-state index contributed by atoms with van der Waals surface area (Å²) in [6, 6.07) is 9.21. The SMILES string of the molecule is Cc1nc(C)c(-c2nnc(SC(C)C(=O)c3ccccc3)o2)s1. The Balaban J connectivity index is 1.74. The molecule has 0 fully saturated rings. The number of rotatable bonds is 5. The Bertz CT molecular complexity index is 827. The molecule has 2 heterocycles. The summed E-state index contributed by atoms with van der Waals surface area (Å²) in [4.78, 5) is 17.6. The number of Topliss-reactive ketones (excluding diaryl/α,β-unsaturated/α-hetero) is 1. The Kier molecular flexibility index (Phi) is 4.58. The molecule has 2 aromatic heterocycles. The van der Waals surface area contributed by atoms with Gasteiger partial charge in [0.2, 0.25) is 0 Å². The fourth-order valence-corrected chi connectivity index (χ4v) is 3.72. The highest BCUT2D eigenvalue weighted by Gasteiger charge is 2.21. The van der Waals surface area contributed by atoms with Gasteiger partial charge < -0.3 is 4.42 Å². The van der Waals surface area contributed by atoms with Gasteiger partial charge in [-0.1, -0.05) is 42.1 Å². The molecule has 7 heteroatoms. The zero-order valence-electron chi connectivity index (χ0n) is 12.9. The maximum atomic E-state index is 12.4. The van der Waals surface area contributed by atoms with E-state index in [-0.39, 0.29) is 11.0 Å². The summed E-state index contributed by atoms with van der Waals surface area (Å²) in [6.45, 7) is 5.69. The summed E-state index contributed by atoms with van der Waals surface area (Å²) in [7, 11) is 0. The van der Waals surface area contributed by atoms with Gasteiger partial charge in [0.25, 0.3) is 11.1 Å². The Morgan fingerprint density at radius 1 is 1.22 bits per heavy atom. The quantitative estimate of drug-likeness (QED) is 0.510. The van der Waals surface area contributed by atoms with Crippen molar-refractivity contribution in [2.24, 2.45) is 0 Å². The van der Waals surface area contributed by atoms with Crippen molar-refractivity contribution in [3.8, 4) is 10.8 Å². The molecule has 0 aliphatic carbocycles. The lowest BCUT2D eigenvalue weighted by Crippen LogP contribution is -2.13. The standard InChI is InChI=1S/C16H15N3O2S2/c1-9-14(23-11(3)17-9)15-18-19-16(21-15)22-10(2)13(20)12-7-5-4-6-8-12/h4-8,10H,1-3H3. The molecule has 0 spiro atoms. The second-order valence-corrected chi connectivity index (χ2v) is 7.51. The molecule has 3 aromatic rings. The van der Waals surface area contributed by atoms with Crippen LogP contribution in [-0.4, -0.2) is 26.2 Å². The lowest BCUT2D eigenvalue weighted by molar-refractivity contribution is 0.0993. The van der Waals surface area contributed by atoms with Gasteiger partial charge in [-0.2, -0.15) is 0 Å². The van der Waals surface area contributed by atoms with E-state index in [2.05, 4.69) is 15.2 Å². The van der Waals surface area contributed by atoms with Crippen molar-refractivity contribution in [1.29, 1.82) is 0 Å². The molecule has 1 unspecified atom stereocenters. The molecule has 0 aliphatic heterocycles. The van der Waals surface area contributed by atoms with Crippen molar-refractivity contribution in [3.63, 3.8) is 0 Å². The highest BCUT2D eigenvalue weighted by atomic mass is 32.2. The second kappa shape index (κ2) is 6.64. The van der Waals surface area contributed by atoms with E-state index in [1.54, 1.807) is 0 Å². The van der Waals surface area contributed by atoms with Gasteiger partial charge in [0, 0.05) is 5.56 Å². The minimum atomic E-state index is -0.296. The zero-order valence-corrected chi connectivity index (χ0v) is 14.6. The van der Waals surface area contributed by atoms with Crippen LogP contribution in [0.1, 0.15) is 28.0 Å². The van der Waals surface area contributed by atoms with Crippen molar-refractivity contribution < 1.29 is 9.21 Å². The van der Waals surface area contributed by atoms with E-state index in [9.17, 15) is 4.79 Å². The van der Waals surface area contributed by atoms with Gasteiger partial charge in [-0.05, 0) is 20.8 Å². The minimum absolute atomic E-state index is 0.0418. The van der Waals surface area contributed by atoms with Gasteiger partial charge in [-0.25, -0.2) is 4.98 Å². The van der Waals surface area contributed by atoms with E-state index in [0.717, 1.165) is 15.6 Å². The monoisotopic (exact) mass is 345 g/mol. The molecule has 1 atom stereocenters. The van der Waals surface area contributed by atoms with Crippen molar-refractivity contribution in [2.45, 2.75) is 31.2 Å². The number of aromatic nitrogens is 3. The molecule has 0 bridgehead atoms. The normalized spacial score (nSPS) is 12.3. The van der Waals surface area contributed by atoms with Crippen LogP contribution in [0.25, 0.3) is 10.8 Å². The molecular formula is C16H15N3O2S2. The summed E-state index contributed by atoms with van der Waals surface area (Å²) < 4.78 is 5.68. The fourth-order valence-electron chi connectivity index (χ4n) is 2.12. The van der Waals surface area contributed by atoms with Crippen LogP contribution >= 0.6 is 23.1 Å². The van der Waals surface area contributed by atoms with Crippen LogP contribution in [0.2, 0.25) is 0 Å². The van der Waals surface area contributed by atoms with Gasteiger partial charge in [0.05, 0.1) is 16.0 Å². The van der Waals surface area contributed by atoms with Crippen molar-refractivity contribution in [3.05, 3.63) is 46.6 Å². The predicted molar refractivity (Wildman–Crippen MR) is 91.0 cm³/mol. The van der Waals surface area contributed by atoms with Crippen LogP contribution < -0.4 is 0 Å². The molecular weight excluding hydrogens is 330 g/mol. The predicted octanol–water partition coefficient (Wildman–Crippen LogP) is 4.17. The minimum Gasteiger partial charge on any atom is -0.410 e. The molecule has 0 N–H and O–H groups in total. The average molecular weight is 345 g/mol. The molecule has 1 aromatic carbocycles. The van der Waals surface area contributed by atoms with E-state index in [4.69, 9.17) is 4.42 Å². The summed E-state index contributed by atoms with van der Waals surface area (Å²) in [5.41, 5.74) is 1.56. The third-order valence-electron chi connectivity index (χ3n) is 3.21. The third kappa shape index (κ3) is 3.51. The number of carbonyl (C=O) groups excluding carboxylic acids is 1. The summed E-state index contributed by atoms with van der Waals surface area (Å²) in [5.74, 6) is 0.495. The first-order valence-corrected chi connectivity index (χ1v) is 8.78. The number of benzene rings is 1. The smallest absolute Gasteiger partial charge is 0.277 e. The lowest BCUT2D eigenvalue weighted by atomic mass is 10.1. The zero-order chi connectivity index (χ0) is 16.4. The van der Waals surface area contributed by atoms with Gasteiger partial charge in [0.1, 0.15) is 4.88 Å². The number of carbonyl (C=O) groups is 1. The number of hydrogen-bond acceptors (Lipinski definition) is 7. The molecule has 5 nitrogen and oxygen atoms in total. The number of aryl methyl sites for hydroxylation is 2.